The van der Waals surface area contributed by atoms with Crippen LogP contribution in [-0.2, 0) is 20.9 Å². The average Bonchev–Trinajstić information content (AvgIpc) is 3.34. The molecule has 182 valence electrons. The Morgan fingerprint density at radius 1 is 1.11 bits per heavy atom. The zero-order chi connectivity index (χ0) is 23.9. The average molecular weight is 474 g/mol. The van der Waals surface area contributed by atoms with Crippen molar-refractivity contribution in [3.8, 4) is 0 Å². The lowest BCUT2D eigenvalue weighted by Gasteiger charge is -2.21. The van der Waals surface area contributed by atoms with Crippen LogP contribution in [0.4, 0.5) is 5.82 Å². The van der Waals surface area contributed by atoms with E-state index < -0.39 is 0 Å². The normalized spacial score (nSPS) is 20.9. The van der Waals surface area contributed by atoms with Crippen LogP contribution in [0.15, 0.2) is 60.9 Å². The molecule has 2 saturated heterocycles. The van der Waals surface area contributed by atoms with E-state index in [9.17, 15) is 4.79 Å². The molecule has 1 amide bonds. The molecule has 2 N–H and O–H groups in total. The first-order valence-electron chi connectivity index (χ1n) is 12.3. The van der Waals surface area contributed by atoms with Gasteiger partial charge in [-0.1, -0.05) is 42.5 Å². The van der Waals surface area contributed by atoms with E-state index in [1.807, 2.05) is 0 Å². The standard InChI is InChI=1S/C27H31N5O3/c33-26(31-35-27-10-3-4-15-34-27)12-11-22-16-29-25(17-28-22)30-23-13-14-32(19-23)18-21-8-5-7-20-6-1-2-9-24(20)21/h1-2,5-9,11-12,16-17,23,27H,3-4,10,13-15,18-19H2,(H,29,30)(H,31,33)/b12-11+/t23-,27?/m1/s1. The van der Waals surface area contributed by atoms with E-state index in [2.05, 4.69) is 68.1 Å². The summed E-state index contributed by atoms with van der Waals surface area (Å²) in [5.74, 6) is 0.377. The van der Waals surface area contributed by atoms with Crippen LogP contribution in [0, 0.1) is 0 Å². The topological polar surface area (TPSA) is 88.6 Å². The Morgan fingerprint density at radius 2 is 2.03 bits per heavy atom. The fourth-order valence-electron chi connectivity index (χ4n) is 4.60. The summed E-state index contributed by atoms with van der Waals surface area (Å²) in [6, 6.07) is 15.4. The van der Waals surface area contributed by atoms with Gasteiger partial charge in [-0.15, -0.1) is 0 Å². The van der Waals surface area contributed by atoms with Crippen LogP contribution in [0.5, 0.6) is 0 Å². The summed E-state index contributed by atoms with van der Waals surface area (Å²) in [5.41, 5.74) is 4.36. The third kappa shape index (κ3) is 6.42. The molecule has 0 radical (unpaired) electrons. The van der Waals surface area contributed by atoms with Gasteiger partial charge in [0.1, 0.15) is 5.82 Å². The number of hydroxylamine groups is 1. The number of benzene rings is 2. The molecule has 2 atom stereocenters. The van der Waals surface area contributed by atoms with Gasteiger partial charge in [-0.25, -0.2) is 15.3 Å². The third-order valence-corrected chi connectivity index (χ3v) is 6.40. The Kier molecular flexibility index (Phi) is 7.62. The molecular formula is C27H31N5O3. The molecule has 8 heteroatoms. The van der Waals surface area contributed by atoms with Crippen LogP contribution in [0.25, 0.3) is 16.8 Å². The highest BCUT2D eigenvalue weighted by molar-refractivity contribution is 5.90. The van der Waals surface area contributed by atoms with Crippen molar-refractivity contribution in [1.29, 1.82) is 0 Å². The van der Waals surface area contributed by atoms with E-state index in [1.165, 1.54) is 22.4 Å². The van der Waals surface area contributed by atoms with Gasteiger partial charge in [-0.05, 0) is 41.7 Å². The first-order chi connectivity index (χ1) is 17.2. The monoisotopic (exact) mass is 473 g/mol. The van der Waals surface area contributed by atoms with E-state index in [0.717, 1.165) is 51.1 Å². The number of hydrogen-bond donors (Lipinski definition) is 2. The van der Waals surface area contributed by atoms with Crippen molar-refractivity contribution in [3.05, 3.63) is 72.2 Å². The second-order valence-corrected chi connectivity index (χ2v) is 9.04. The molecule has 5 rings (SSSR count). The van der Waals surface area contributed by atoms with Gasteiger partial charge >= 0.3 is 0 Å². The number of fused-ring (bicyclic) bond motifs is 1. The van der Waals surface area contributed by atoms with Crippen molar-refractivity contribution < 1.29 is 14.4 Å². The summed E-state index contributed by atoms with van der Waals surface area (Å²) in [5, 5.41) is 6.10. The van der Waals surface area contributed by atoms with Crippen LogP contribution in [0.3, 0.4) is 0 Å². The lowest BCUT2D eigenvalue weighted by atomic mass is 10.0. The molecule has 35 heavy (non-hydrogen) atoms. The molecule has 2 aliphatic rings. The molecule has 0 bridgehead atoms. The van der Waals surface area contributed by atoms with Crippen molar-refractivity contribution in [2.24, 2.45) is 0 Å². The van der Waals surface area contributed by atoms with Gasteiger partial charge < -0.3 is 10.1 Å². The molecule has 1 unspecified atom stereocenters. The molecule has 0 aliphatic carbocycles. The summed E-state index contributed by atoms with van der Waals surface area (Å²) in [4.78, 5) is 28.5. The third-order valence-electron chi connectivity index (χ3n) is 6.40. The number of hydrogen-bond acceptors (Lipinski definition) is 7. The van der Waals surface area contributed by atoms with Crippen molar-refractivity contribution in [2.45, 2.75) is 44.6 Å². The number of amides is 1. The van der Waals surface area contributed by atoms with E-state index in [-0.39, 0.29) is 12.2 Å². The predicted molar refractivity (Wildman–Crippen MR) is 135 cm³/mol. The van der Waals surface area contributed by atoms with Crippen molar-refractivity contribution >= 4 is 28.6 Å². The largest absolute Gasteiger partial charge is 0.365 e. The van der Waals surface area contributed by atoms with Crippen molar-refractivity contribution in [1.82, 2.24) is 20.3 Å². The van der Waals surface area contributed by atoms with Gasteiger partial charge in [0.15, 0.2) is 6.29 Å². The molecule has 3 heterocycles. The minimum atomic E-state index is -0.371. The molecule has 3 aromatic rings. The minimum Gasteiger partial charge on any atom is -0.365 e. The summed E-state index contributed by atoms with van der Waals surface area (Å²) in [6.07, 6.45) is 9.88. The van der Waals surface area contributed by atoms with Crippen molar-refractivity contribution in [2.75, 3.05) is 25.0 Å². The van der Waals surface area contributed by atoms with E-state index >= 15 is 0 Å². The summed E-state index contributed by atoms with van der Waals surface area (Å²) >= 11 is 0. The second-order valence-electron chi connectivity index (χ2n) is 9.04. The number of ether oxygens (including phenoxy) is 1. The zero-order valence-electron chi connectivity index (χ0n) is 19.7. The fourth-order valence-corrected chi connectivity index (χ4v) is 4.60. The highest BCUT2D eigenvalue weighted by Crippen LogP contribution is 2.23. The first kappa shape index (κ1) is 23.4. The van der Waals surface area contributed by atoms with Gasteiger partial charge in [0.25, 0.3) is 5.91 Å². The van der Waals surface area contributed by atoms with Crippen LogP contribution < -0.4 is 10.8 Å². The Hall–Kier alpha value is -3.33. The summed E-state index contributed by atoms with van der Waals surface area (Å²) in [6.45, 7) is 3.60. The number of carbonyl (C=O) groups is 1. The number of carbonyl (C=O) groups excluding carboxylic acids is 1. The van der Waals surface area contributed by atoms with Gasteiger partial charge in [-0.2, -0.15) is 0 Å². The molecular weight excluding hydrogens is 442 g/mol. The first-order valence-corrected chi connectivity index (χ1v) is 12.3. The number of nitrogens with zero attached hydrogens (tertiary/aromatic N) is 3. The number of nitrogens with one attached hydrogen (secondary N) is 2. The van der Waals surface area contributed by atoms with E-state index in [0.29, 0.717) is 18.3 Å². The molecule has 0 spiro atoms. The maximum Gasteiger partial charge on any atom is 0.267 e. The molecule has 8 nitrogen and oxygen atoms in total. The number of likely N-dealkylation sites (tertiary alicyclic amines) is 1. The lowest BCUT2D eigenvalue weighted by Crippen LogP contribution is -2.32. The lowest BCUT2D eigenvalue weighted by molar-refractivity contribution is -0.198. The Balaban J connectivity index is 1.08. The van der Waals surface area contributed by atoms with Crippen LogP contribution in [0.2, 0.25) is 0 Å². The fraction of sp³-hybridized carbons (Fsp3) is 0.370. The Bertz CT molecular complexity index is 1160. The summed E-state index contributed by atoms with van der Waals surface area (Å²) in [7, 11) is 0. The van der Waals surface area contributed by atoms with E-state index in [4.69, 9.17) is 9.57 Å². The van der Waals surface area contributed by atoms with Gasteiger partial charge in [-0.3, -0.25) is 14.7 Å². The zero-order valence-corrected chi connectivity index (χ0v) is 19.7. The smallest absolute Gasteiger partial charge is 0.267 e. The van der Waals surface area contributed by atoms with Gasteiger partial charge in [0.05, 0.1) is 18.1 Å². The minimum absolute atomic E-state index is 0.325. The predicted octanol–water partition coefficient (Wildman–Crippen LogP) is 3.90. The Labute approximate surface area is 205 Å². The molecule has 1 aromatic heterocycles. The molecule has 0 saturated carbocycles. The molecule has 2 aliphatic heterocycles. The van der Waals surface area contributed by atoms with Crippen LogP contribution in [-0.4, -0.2) is 52.8 Å². The summed E-state index contributed by atoms with van der Waals surface area (Å²) < 4.78 is 5.42. The molecule has 2 aromatic carbocycles. The molecule has 2 fully saturated rings. The van der Waals surface area contributed by atoms with Crippen LogP contribution in [0.1, 0.15) is 36.9 Å². The van der Waals surface area contributed by atoms with Gasteiger partial charge in [0, 0.05) is 44.8 Å². The van der Waals surface area contributed by atoms with E-state index in [1.54, 1.807) is 18.5 Å². The maximum atomic E-state index is 11.9. The quantitative estimate of drug-likeness (QED) is 0.379. The number of aromatic nitrogens is 2. The van der Waals surface area contributed by atoms with Crippen LogP contribution >= 0.6 is 0 Å². The highest BCUT2D eigenvalue weighted by atomic mass is 16.8. The number of anilines is 1. The SMILES string of the molecule is O=C(/C=C/c1cnc(N[C@@H]2CCN(Cc3cccc4ccccc34)C2)cn1)NOC1CCCCO1. The second kappa shape index (κ2) is 11.4. The van der Waals surface area contributed by atoms with Gasteiger partial charge in [0.2, 0.25) is 0 Å². The number of rotatable bonds is 8. The maximum absolute atomic E-state index is 11.9. The highest BCUT2D eigenvalue weighted by Gasteiger charge is 2.23. The Morgan fingerprint density at radius 3 is 2.89 bits per heavy atom. The van der Waals surface area contributed by atoms with Crippen molar-refractivity contribution in [3.63, 3.8) is 0 Å².